The van der Waals surface area contributed by atoms with Crippen LogP contribution in [0, 0.1) is 12.3 Å². The summed E-state index contributed by atoms with van der Waals surface area (Å²) >= 11 is 0. The first kappa shape index (κ1) is 10.3. The monoisotopic (exact) mass is 220 g/mol. The molecule has 0 radical (unpaired) electrons. The Morgan fingerprint density at radius 2 is 2.25 bits per heavy atom. The number of aryl methyl sites for hydroxylation is 1. The van der Waals surface area contributed by atoms with E-state index in [-0.39, 0.29) is 0 Å². The van der Waals surface area contributed by atoms with Crippen molar-refractivity contribution >= 4 is 0 Å². The second kappa shape index (κ2) is 3.88. The molecule has 88 valence electrons. The van der Waals surface area contributed by atoms with E-state index in [1.54, 1.807) is 0 Å². The molecule has 2 saturated carbocycles. The van der Waals surface area contributed by atoms with Crippen LogP contribution >= 0.6 is 0 Å². The molecule has 1 atom stereocenters. The van der Waals surface area contributed by atoms with E-state index < -0.39 is 0 Å². The van der Waals surface area contributed by atoms with Crippen LogP contribution in [0.15, 0.2) is 10.6 Å². The summed E-state index contributed by atoms with van der Waals surface area (Å²) in [7, 11) is 0. The maximum Gasteiger partial charge on any atom is 0.150 e. The Balaban J connectivity index is 1.56. The Kier molecular flexibility index (Phi) is 2.51. The molecule has 1 N–H and O–H groups in total. The average molecular weight is 220 g/mol. The fraction of sp³-hybridized carbons (Fsp3) is 0.769. The van der Waals surface area contributed by atoms with Crippen molar-refractivity contribution in [3.05, 3.63) is 17.5 Å². The topological polar surface area (TPSA) is 38.1 Å². The van der Waals surface area contributed by atoms with Crippen molar-refractivity contribution in [1.29, 1.82) is 0 Å². The molecule has 3 nitrogen and oxygen atoms in total. The summed E-state index contributed by atoms with van der Waals surface area (Å²) < 4.78 is 5.22. The lowest BCUT2D eigenvalue weighted by molar-refractivity contribution is 0.0698. The summed E-state index contributed by atoms with van der Waals surface area (Å²) in [5.74, 6) is 0.970. The van der Waals surface area contributed by atoms with Gasteiger partial charge in [0.1, 0.15) is 0 Å². The van der Waals surface area contributed by atoms with Gasteiger partial charge in [-0.3, -0.25) is 0 Å². The van der Waals surface area contributed by atoms with Crippen LogP contribution in [0.3, 0.4) is 0 Å². The molecule has 2 aliphatic carbocycles. The van der Waals surface area contributed by atoms with Gasteiger partial charge in [-0.05, 0) is 38.0 Å². The second-order valence-corrected chi connectivity index (χ2v) is 5.48. The van der Waals surface area contributed by atoms with E-state index in [2.05, 4.69) is 10.5 Å². The average Bonchev–Trinajstić information content (AvgIpc) is 2.86. The zero-order chi connectivity index (χ0) is 11.0. The molecule has 16 heavy (non-hydrogen) atoms. The van der Waals surface area contributed by atoms with Crippen LogP contribution in [0.1, 0.15) is 50.0 Å². The van der Waals surface area contributed by atoms with E-state index in [4.69, 9.17) is 4.52 Å². The van der Waals surface area contributed by atoms with E-state index in [0.29, 0.717) is 5.41 Å². The van der Waals surface area contributed by atoms with Gasteiger partial charge in [0.25, 0.3) is 0 Å². The Morgan fingerprint density at radius 1 is 1.44 bits per heavy atom. The molecule has 0 aliphatic heterocycles. The van der Waals surface area contributed by atoms with Crippen LogP contribution in [0.2, 0.25) is 0 Å². The highest BCUT2D eigenvalue weighted by Gasteiger charge is 2.47. The number of nitrogens with zero attached hydrogens (tertiary/aromatic N) is 1. The van der Waals surface area contributed by atoms with E-state index in [1.165, 1.54) is 38.5 Å². The molecule has 2 fully saturated rings. The minimum atomic E-state index is 0.648. The fourth-order valence-corrected chi connectivity index (χ4v) is 3.42. The van der Waals surface area contributed by atoms with Crippen LogP contribution in [0.4, 0.5) is 0 Å². The lowest BCUT2D eigenvalue weighted by atomic mass is 9.63. The van der Waals surface area contributed by atoms with Gasteiger partial charge in [0.05, 0.1) is 12.2 Å². The van der Waals surface area contributed by atoms with Gasteiger partial charge in [0, 0.05) is 12.1 Å². The van der Waals surface area contributed by atoms with Gasteiger partial charge >= 0.3 is 0 Å². The fourth-order valence-electron chi connectivity index (χ4n) is 3.42. The third kappa shape index (κ3) is 1.67. The highest BCUT2D eigenvalue weighted by Crippen LogP contribution is 2.53. The van der Waals surface area contributed by atoms with E-state index in [9.17, 15) is 0 Å². The lowest BCUT2D eigenvalue weighted by Gasteiger charge is -2.48. The van der Waals surface area contributed by atoms with Crippen molar-refractivity contribution in [1.82, 2.24) is 10.5 Å². The SMILES string of the molecule is Cc1cc(CNC2CCC23CCCC3)on1. The summed E-state index contributed by atoms with van der Waals surface area (Å²) in [5.41, 5.74) is 1.62. The molecule has 1 spiro atoms. The predicted octanol–water partition coefficient (Wildman–Crippen LogP) is 2.80. The zero-order valence-corrected chi connectivity index (χ0v) is 9.96. The largest absolute Gasteiger partial charge is 0.360 e. The predicted molar refractivity (Wildman–Crippen MR) is 62.0 cm³/mol. The maximum absolute atomic E-state index is 5.22. The number of aromatic nitrogens is 1. The normalized spacial score (nSPS) is 27.2. The Labute approximate surface area is 96.6 Å². The van der Waals surface area contributed by atoms with Crippen LogP contribution in [-0.4, -0.2) is 11.2 Å². The van der Waals surface area contributed by atoms with Crippen LogP contribution in [0.25, 0.3) is 0 Å². The molecular formula is C13H20N2O. The van der Waals surface area contributed by atoms with Gasteiger partial charge in [-0.25, -0.2) is 0 Å². The van der Waals surface area contributed by atoms with Gasteiger partial charge in [0.15, 0.2) is 5.76 Å². The molecule has 0 aromatic carbocycles. The molecule has 1 unspecified atom stereocenters. The third-order valence-corrected chi connectivity index (χ3v) is 4.47. The van der Waals surface area contributed by atoms with Gasteiger partial charge in [-0.15, -0.1) is 0 Å². The first-order valence-corrected chi connectivity index (χ1v) is 6.44. The van der Waals surface area contributed by atoms with E-state index in [1.807, 2.05) is 13.0 Å². The smallest absolute Gasteiger partial charge is 0.150 e. The first-order valence-electron chi connectivity index (χ1n) is 6.44. The number of hydrogen-bond acceptors (Lipinski definition) is 3. The second-order valence-electron chi connectivity index (χ2n) is 5.48. The van der Waals surface area contributed by atoms with E-state index in [0.717, 1.165) is 24.0 Å². The summed E-state index contributed by atoms with van der Waals surface area (Å²) in [6.07, 6.45) is 8.49. The molecule has 1 aromatic rings. The van der Waals surface area contributed by atoms with Crippen molar-refractivity contribution in [3.8, 4) is 0 Å². The number of nitrogens with one attached hydrogen (secondary N) is 1. The Morgan fingerprint density at radius 3 is 2.81 bits per heavy atom. The standard InChI is InChI=1S/C13H20N2O/c1-10-8-11(16-15-10)9-14-12-4-7-13(12)5-2-3-6-13/h8,12,14H,2-7,9H2,1H3. The summed E-state index contributed by atoms with van der Waals surface area (Å²) in [4.78, 5) is 0. The number of hydrogen-bond donors (Lipinski definition) is 1. The van der Waals surface area contributed by atoms with Crippen molar-refractivity contribution < 1.29 is 4.52 Å². The molecule has 3 rings (SSSR count). The van der Waals surface area contributed by atoms with Crippen molar-refractivity contribution in [2.75, 3.05) is 0 Å². The minimum Gasteiger partial charge on any atom is -0.360 e. The molecule has 3 heteroatoms. The lowest BCUT2D eigenvalue weighted by Crippen LogP contribution is -2.51. The Hall–Kier alpha value is -0.830. The first-order chi connectivity index (χ1) is 7.78. The number of rotatable bonds is 3. The molecule has 0 bridgehead atoms. The molecule has 2 aliphatic rings. The summed E-state index contributed by atoms with van der Waals surface area (Å²) in [6, 6.07) is 2.74. The molecule has 0 amide bonds. The molecule has 1 aromatic heterocycles. The Bertz CT molecular complexity index is 366. The summed E-state index contributed by atoms with van der Waals surface area (Å²) in [6.45, 7) is 2.81. The maximum atomic E-state index is 5.22. The zero-order valence-electron chi connectivity index (χ0n) is 9.96. The van der Waals surface area contributed by atoms with Crippen LogP contribution < -0.4 is 5.32 Å². The third-order valence-electron chi connectivity index (χ3n) is 4.47. The van der Waals surface area contributed by atoms with Crippen LogP contribution in [-0.2, 0) is 6.54 Å². The van der Waals surface area contributed by atoms with Gasteiger partial charge < -0.3 is 9.84 Å². The molecule has 1 heterocycles. The molecule has 0 saturated heterocycles. The summed E-state index contributed by atoms with van der Waals surface area (Å²) in [5, 5.41) is 7.56. The van der Waals surface area contributed by atoms with Crippen molar-refractivity contribution in [2.24, 2.45) is 5.41 Å². The highest BCUT2D eigenvalue weighted by molar-refractivity contribution is 5.06. The quantitative estimate of drug-likeness (QED) is 0.851. The molecular weight excluding hydrogens is 200 g/mol. The van der Waals surface area contributed by atoms with Crippen molar-refractivity contribution in [3.63, 3.8) is 0 Å². The van der Waals surface area contributed by atoms with E-state index >= 15 is 0 Å². The van der Waals surface area contributed by atoms with Gasteiger partial charge in [0.2, 0.25) is 0 Å². The van der Waals surface area contributed by atoms with Crippen LogP contribution in [0.5, 0.6) is 0 Å². The van der Waals surface area contributed by atoms with Gasteiger partial charge in [-0.2, -0.15) is 0 Å². The minimum absolute atomic E-state index is 0.648. The van der Waals surface area contributed by atoms with Crippen molar-refractivity contribution in [2.45, 2.75) is 58.0 Å². The van der Waals surface area contributed by atoms with Gasteiger partial charge in [-0.1, -0.05) is 18.0 Å². The highest BCUT2D eigenvalue weighted by atomic mass is 16.5.